The van der Waals surface area contributed by atoms with E-state index in [9.17, 15) is 22.4 Å². The zero-order chi connectivity index (χ0) is 23.1. The number of ether oxygens (including phenoxy) is 2. The molecule has 0 unspecified atom stereocenters. The van der Waals surface area contributed by atoms with E-state index < -0.39 is 27.7 Å². The van der Waals surface area contributed by atoms with Gasteiger partial charge in [0.2, 0.25) is 15.9 Å². The molecule has 1 aliphatic heterocycles. The quantitative estimate of drug-likeness (QED) is 0.452. The van der Waals surface area contributed by atoms with Crippen molar-refractivity contribution >= 4 is 33.6 Å². The van der Waals surface area contributed by atoms with Gasteiger partial charge < -0.3 is 9.47 Å². The van der Waals surface area contributed by atoms with E-state index >= 15 is 0 Å². The third kappa shape index (κ3) is 5.76. The Morgan fingerprint density at radius 1 is 1.16 bits per heavy atom. The number of hydrogen-bond acceptors (Lipinski definition) is 7. The lowest BCUT2D eigenvalue weighted by molar-refractivity contribution is -0.119. The third-order valence-electron chi connectivity index (χ3n) is 4.52. The molecule has 2 amide bonds. The first kappa shape index (κ1) is 24.0. The van der Waals surface area contributed by atoms with Gasteiger partial charge in [0.05, 0.1) is 26.1 Å². The molecule has 0 radical (unpaired) electrons. The fourth-order valence-corrected chi connectivity index (χ4v) is 5.21. The van der Waals surface area contributed by atoms with E-state index in [1.54, 1.807) is 18.2 Å². The zero-order valence-electron chi connectivity index (χ0n) is 17.2. The van der Waals surface area contributed by atoms with Gasteiger partial charge in [0, 0.05) is 23.5 Å². The van der Waals surface area contributed by atoms with Crippen molar-refractivity contribution in [1.29, 1.82) is 0 Å². The number of benzene rings is 2. The van der Waals surface area contributed by atoms with Gasteiger partial charge in [-0.05, 0) is 30.3 Å². The second-order valence-electron chi connectivity index (χ2n) is 6.60. The lowest BCUT2D eigenvalue weighted by Gasteiger charge is -2.26. The van der Waals surface area contributed by atoms with Crippen LogP contribution in [-0.4, -0.2) is 63.7 Å². The van der Waals surface area contributed by atoms with Crippen LogP contribution in [0.25, 0.3) is 0 Å². The highest BCUT2D eigenvalue weighted by Gasteiger charge is 2.30. The summed E-state index contributed by atoms with van der Waals surface area (Å²) in [4.78, 5) is 24.6. The Hall–Kier alpha value is -2.67. The fraction of sp³-hybridized carbons (Fsp3) is 0.300. The largest absolute Gasteiger partial charge is 0.495 e. The van der Waals surface area contributed by atoms with E-state index in [4.69, 9.17) is 9.47 Å². The lowest BCUT2D eigenvalue weighted by atomic mass is 10.2. The molecule has 1 saturated heterocycles. The molecule has 0 atom stereocenters. The molecular weight excluding hydrogens is 461 g/mol. The maximum absolute atomic E-state index is 13.6. The first-order chi connectivity index (χ1) is 15.3. The highest BCUT2D eigenvalue weighted by Crippen LogP contribution is 2.28. The lowest BCUT2D eigenvalue weighted by Crippen LogP contribution is -2.43. The first-order valence-electron chi connectivity index (χ1n) is 9.55. The van der Waals surface area contributed by atoms with Crippen LogP contribution in [0.5, 0.6) is 5.75 Å². The van der Waals surface area contributed by atoms with Gasteiger partial charge in [0.15, 0.2) is 0 Å². The zero-order valence-corrected chi connectivity index (χ0v) is 18.8. The van der Waals surface area contributed by atoms with E-state index in [1.165, 1.54) is 35.7 Å². The molecule has 0 spiro atoms. The van der Waals surface area contributed by atoms with Crippen molar-refractivity contribution in [2.45, 2.75) is 9.79 Å². The van der Waals surface area contributed by atoms with E-state index in [0.29, 0.717) is 4.90 Å². The van der Waals surface area contributed by atoms with Gasteiger partial charge in [-0.1, -0.05) is 12.1 Å². The van der Waals surface area contributed by atoms with Crippen LogP contribution in [-0.2, 0) is 19.6 Å². The maximum atomic E-state index is 13.6. The standard InChI is InChI=1S/C20H22FN3O6S2/c1-29-16-7-6-14(12-18(16)32(27,28)24-8-10-30-11-9-24)20(26)23-22-19(25)13-31-17-5-3-2-4-15(17)21/h2-7,12H,8-11,13H2,1H3,(H,22,25)(H,23,26). The molecule has 2 N–H and O–H groups in total. The van der Waals surface area contributed by atoms with Crippen molar-refractivity contribution in [3.8, 4) is 5.75 Å². The molecule has 172 valence electrons. The SMILES string of the molecule is COc1ccc(C(=O)NNC(=O)CSc2ccccc2F)cc1S(=O)(=O)N1CCOCC1. The van der Waals surface area contributed by atoms with Gasteiger partial charge in [-0.15, -0.1) is 11.8 Å². The molecule has 1 aliphatic rings. The highest BCUT2D eigenvalue weighted by atomic mass is 32.2. The van der Waals surface area contributed by atoms with Crippen LogP contribution in [0.15, 0.2) is 52.3 Å². The molecule has 2 aromatic carbocycles. The Kier molecular flexibility index (Phi) is 8.07. The molecule has 9 nitrogen and oxygen atoms in total. The number of amides is 2. The van der Waals surface area contributed by atoms with Gasteiger partial charge in [-0.2, -0.15) is 4.31 Å². The van der Waals surface area contributed by atoms with Crippen LogP contribution in [0.4, 0.5) is 4.39 Å². The van der Waals surface area contributed by atoms with E-state index in [2.05, 4.69) is 10.9 Å². The van der Waals surface area contributed by atoms with Crippen LogP contribution in [0.3, 0.4) is 0 Å². The van der Waals surface area contributed by atoms with Crippen LogP contribution < -0.4 is 15.6 Å². The monoisotopic (exact) mass is 483 g/mol. The number of carbonyl (C=O) groups excluding carboxylic acids is 2. The summed E-state index contributed by atoms with van der Waals surface area (Å²) in [7, 11) is -2.58. The van der Waals surface area contributed by atoms with Gasteiger partial charge in [-0.25, -0.2) is 12.8 Å². The number of hydrazine groups is 1. The molecule has 2 aromatic rings. The molecule has 0 aliphatic carbocycles. The fourth-order valence-electron chi connectivity index (χ4n) is 2.89. The summed E-state index contributed by atoms with van der Waals surface area (Å²) in [5, 5.41) is 0. The predicted molar refractivity (Wildman–Crippen MR) is 115 cm³/mol. The molecule has 3 rings (SSSR count). The molecule has 1 fully saturated rings. The normalized spacial score (nSPS) is 14.6. The number of carbonyl (C=O) groups is 2. The van der Waals surface area contributed by atoms with Crippen LogP contribution in [0, 0.1) is 5.82 Å². The van der Waals surface area contributed by atoms with Crippen molar-refractivity contribution in [3.63, 3.8) is 0 Å². The van der Waals surface area contributed by atoms with Crippen LogP contribution in [0.1, 0.15) is 10.4 Å². The average molecular weight is 484 g/mol. The summed E-state index contributed by atoms with van der Waals surface area (Å²) in [6.45, 7) is 0.937. The smallest absolute Gasteiger partial charge is 0.269 e. The van der Waals surface area contributed by atoms with Crippen molar-refractivity contribution in [3.05, 3.63) is 53.8 Å². The van der Waals surface area contributed by atoms with Crippen LogP contribution >= 0.6 is 11.8 Å². The second-order valence-corrected chi connectivity index (χ2v) is 9.53. The summed E-state index contributed by atoms with van der Waals surface area (Å²) >= 11 is 0.979. The Labute approximate surface area is 189 Å². The molecule has 0 bridgehead atoms. The summed E-state index contributed by atoms with van der Waals surface area (Å²) < 4.78 is 51.3. The topological polar surface area (TPSA) is 114 Å². The van der Waals surface area contributed by atoms with E-state index in [1.807, 2.05) is 0 Å². The molecular formula is C20H22FN3O6S2. The first-order valence-corrected chi connectivity index (χ1v) is 12.0. The number of sulfonamides is 1. The average Bonchev–Trinajstić information content (AvgIpc) is 2.82. The summed E-state index contributed by atoms with van der Waals surface area (Å²) in [5.41, 5.74) is 4.48. The van der Waals surface area contributed by atoms with Crippen molar-refractivity contribution < 1.29 is 31.9 Å². The molecule has 1 heterocycles. The van der Waals surface area contributed by atoms with Gasteiger partial charge in [-0.3, -0.25) is 20.4 Å². The number of methoxy groups -OCH3 is 1. The third-order valence-corrected chi connectivity index (χ3v) is 7.49. The van der Waals surface area contributed by atoms with Gasteiger partial charge in [0.25, 0.3) is 5.91 Å². The number of halogens is 1. The van der Waals surface area contributed by atoms with E-state index in [-0.39, 0.29) is 48.3 Å². The molecule has 0 aromatic heterocycles. The molecule has 32 heavy (non-hydrogen) atoms. The Morgan fingerprint density at radius 2 is 1.88 bits per heavy atom. The highest BCUT2D eigenvalue weighted by molar-refractivity contribution is 8.00. The number of nitrogens with zero attached hydrogens (tertiary/aromatic N) is 1. The Balaban J connectivity index is 1.65. The van der Waals surface area contributed by atoms with Gasteiger partial charge in [0.1, 0.15) is 16.5 Å². The van der Waals surface area contributed by atoms with Crippen molar-refractivity contribution in [1.82, 2.24) is 15.2 Å². The number of morpholine rings is 1. The van der Waals surface area contributed by atoms with E-state index in [0.717, 1.165) is 11.8 Å². The summed E-state index contributed by atoms with van der Waals surface area (Å²) in [6, 6.07) is 9.97. The maximum Gasteiger partial charge on any atom is 0.269 e. The Morgan fingerprint density at radius 3 is 2.56 bits per heavy atom. The Bertz CT molecular complexity index is 1090. The van der Waals surface area contributed by atoms with Gasteiger partial charge >= 0.3 is 0 Å². The summed E-state index contributed by atoms with van der Waals surface area (Å²) in [5.74, 6) is -1.74. The number of rotatable bonds is 7. The molecule has 0 saturated carbocycles. The summed E-state index contributed by atoms with van der Waals surface area (Å²) in [6.07, 6.45) is 0. The minimum Gasteiger partial charge on any atom is -0.495 e. The number of thioether (sulfide) groups is 1. The molecule has 12 heteroatoms. The predicted octanol–water partition coefficient (Wildman–Crippen LogP) is 1.41. The van der Waals surface area contributed by atoms with Crippen LogP contribution in [0.2, 0.25) is 0 Å². The minimum atomic E-state index is -3.91. The van der Waals surface area contributed by atoms with Crippen molar-refractivity contribution in [2.24, 2.45) is 0 Å². The second kappa shape index (κ2) is 10.8. The number of nitrogens with one attached hydrogen (secondary N) is 2. The number of hydrogen-bond donors (Lipinski definition) is 2. The minimum absolute atomic E-state index is 0.0136. The van der Waals surface area contributed by atoms with Crippen molar-refractivity contribution in [2.75, 3.05) is 39.2 Å².